The molecule has 0 unspecified atom stereocenters. The summed E-state index contributed by atoms with van der Waals surface area (Å²) in [7, 11) is 3.45. The van der Waals surface area contributed by atoms with Crippen molar-refractivity contribution in [3.05, 3.63) is 53.1 Å². The molecule has 0 radical (unpaired) electrons. The Balaban J connectivity index is 1.93. The summed E-state index contributed by atoms with van der Waals surface area (Å²) < 4.78 is 18.0. The Morgan fingerprint density at radius 2 is 1.68 bits per heavy atom. The molecule has 25 heavy (non-hydrogen) atoms. The van der Waals surface area contributed by atoms with Gasteiger partial charge in [0.15, 0.2) is 0 Å². The number of nitrogen functional groups attached to an aromatic ring is 1. The van der Waals surface area contributed by atoms with Gasteiger partial charge in [-0.2, -0.15) is 0 Å². The van der Waals surface area contributed by atoms with Crippen LogP contribution in [-0.4, -0.2) is 20.3 Å². The fourth-order valence-corrected chi connectivity index (χ4v) is 4.41. The van der Waals surface area contributed by atoms with Crippen molar-refractivity contribution in [3.8, 4) is 11.5 Å². The first-order chi connectivity index (χ1) is 12.2. The maximum Gasteiger partial charge on any atom is 0.125 e. The van der Waals surface area contributed by atoms with Crippen LogP contribution in [0, 0.1) is 0 Å². The molecule has 1 heterocycles. The third-order valence-corrected chi connectivity index (χ3v) is 5.51. The fraction of sp³-hybridized carbons (Fsp3) is 0.429. The summed E-state index contributed by atoms with van der Waals surface area (Å²) in [5, 5.41) is 0. The molecular weight excluding hydrogens is 314 g/mol. The van der Waals surface area contributed by atoms with Gasteiger partial charge in [0.05, 0.1) is 20.3 Å². The lowest BCUT2D eigenvalue weighted by Crippen LogP contribution is -2.34. The van der Waals surface area contributed by atoms with Crippen molar-refractivity contribution in [2.75, 3.05) is 20.0 Å². The number of methoxy groups -OCH3 is 2. The maximum absolute atomic E-state index is 6.61. The van der Waals surface area contributed by atoms with E-state index in [1.807, 2.05) is 30.3 Å². The van der Waals surface area contributed by atoms with Gasteiger partial charge in [-0.3, -0.25) is 0 Å². The van der Waals surface area contributed by atoms with Gasteiger partial charge in [-0.25, -0.2) is 0 Å². The Labute approximate surface area is 148 Å². The molecule has 1 fully saturated rings. The second-order valence-corrected chi connectivity index (χ2v) is 6.91. The lowest BCUT2D eigenvalue weighted by molar-refractivity contribution is -0.0406. The van der Waals surface area contributed by atoms with Crippen LogP contribution in [0.5, 0.6) is 11.5 Å². The number of benzene rings is 2. The van der Waals surface area contributed by atoms with Gasteiger partial charge in [-0.05, 0) is 42.7 Å². The first-order valence-corrected chi connectivity index (χ1v) is 8.98. The minimum absolute atomic E-state index is 0.178. The zero-order valence-corrected chi connectivity index (χ0v) is 14.8. The lowest BCUT2D eigenvalue weighted by Gasteiger charge is -2.42. The average molecular weight is 339 g/mol. The van der Waals surface area contributed by atoms with E-state index in [1.165, 1.54) is 18.4 Å². The second kappa shape index (κ2) is 6.60. The molecule has 0 aromatic heterocycles. The van der Waals surface area contributed by atoms with E-state index < -0.39 is 0 Å². The fourth-order valence-electron chi connectivity index (χ4n) is 4.41. The number of hydrogen-bond donors (Lipinski definition) is 1. The molecule has 1 saturated carbocycles. The summed E-state index contributed by atoms with van der Waals surface area (Å²) in [4.78, 5) is 0. The van der Waals surface area contributed by atoms with Gasteiger partial charge >= 0.3 is 0 Å². The predicted octanol–water partition coefficient (Wildman–Crippen LogP) is 4.43. The van der Waals surface area contributed by atoms with Gasteiger partial charge in [0.25, 0.3) is 0 Å². The number of ether oxygens (including phenoxy) is 3. The predicted molar refractivity (Wildman–Crippen MR) is 98.3 cm³/mol. The molecule has 2 N–H and O–H groups in total. The van der Waals surface area contributed by atoms with E-state index in [9.17, 15) is 0 Å². The molecule has 2 aromatic rings. The van der Waals surface area contributed by atoms with Crippen LogP contribution in [0.25, 0.3) is 0 Å². The molecule has 3 atom stereocenters. The van der Waals surface area contributed by atoms with E-state index in [1.54, 1.807) is 14.2 Å². The molecule has 0 bridgehead atoms. The Morgan fingerprint density at radius 1 is 0.960 bits per heavy atom. The van der Waals surface area contributed by atoms with Crippen LogP contribution in [0.4, 0.5) is 5.69 Å². The monoisotopic (exact) mass is 339 g/mol. The van der Waals surface area contributed by atoms with Crippen molar-refractivity contribution in [1.29, 1.82) is 0 Å². The molecule has 0 amide bonds. The molecule has 132 valence electrons. The Hall–Kier alpha value is -2.20. The quantitative estimate of drug-likeness (QED) is 0.841. The molecule has 1 aliphatic heterocycles. The molecule has 4 heteroatoms. The van der Waals surface area contributed by atoms with Gasteiger partial charge in [-0.1, -0.05) is 25.0 Å². The van der Waals surface area contributed by atoms with Crippen LogP contribution in [0.15, 0.2) is 36.4 Å². The van der Waals surface area contributed by atoms with Crippen molar-refractivity contribution in [2.45, 2.75) is 43.8 Å². The summed E-state index contributed by atoms with van der Waals surface area (Å²) in [6.45, 7) is 0. The van der Waals surface area contributed by atoms with E-state index in [-0.39, 0.29) is 12.2 Å². The minimum atomic E-state index is -0.178. The SMILES string of the molecule is COc1ccc(OC)c2c1[C@@H](c1cccc(N)c1)O[C@@H]1CCCC[C@H]21. The van der Waals surface area contributed by atoms with Gasteiger partial charge < -0.3 is 19.9 Å². The third kappa shape index (κ3) is 2.74. The van der Waals surface area contributed by atoms with Crippen molar-refractivity contribution in [1.82, 2.24) is 0 Å². The molecule has 2 aromatic carbocycles. The van der Waals surface area contributed by atoms with Gasteiger partial charge in [0, 0.05) is 22.7 Å². The summed E-state index contributed by atoms with van der Waals surface area (Å²) >= 11 is 0. The highest BCUT2D eigenvalue weighted by molar-refractivity contribution is 5.57. The van der Waals surface area contributed by atoms with E-state index in [0.29, 0.717) is 5.92 Å². The second-order valence-electron chi connectivity index (χ2n) is 6.91. The van der Waals surface area contributed by atoms with Crippen molar-refractivity contribution >= 4 is 5.69 Å². The van der Waals surface area contributed by atoms with Crippen molar-refractivity contribution < 1.29 is 14.2 Å². The molecule has 0 saturated heterocycles. The third-order valence-electron chi connectivity index (χ3n) is 5.51. The number of anilines is 1. The van der Waals surface area contributed by atoms with E-state index >= 15 is 0 Å². The van der Waals surface area contributed by atoms with E-state index in [2.05, 4.69) is 6.07 Å². The zero-order chi connectivity index (χ0) is 17.4. The summed E-state index contributed by atoms with van der Waals surface area (Å²) in [6, 6.07) is 11.9. The van der Waals surface area contributed by atoms with Crippen LogP contribution in [0.2, 0.25) is 0 Å². The Kier molecular flexibility index (Phi) is 4.30. The van der Waals surface area contributed by atoms with Crippen LogP contribution < -0.4 is 15.2 Å². The molecule has 2 aliphatic rings. The van der Waals surface area contributed by atoms with Crippen LogP contribution in [0.1, 0.15) is 54.4 Å². The van der Waals surface area contributed by atoms with E-state index in [4.69, 9.17) is 19.9 Å². The number of nitrogens with two attached hydrogens (primary N) is 1. The first-order valence-electron chi connectivity index (χ1n) is 8.98. The van der Waals surface area contributed by atoms with Gasteiger partial charge in [-0.15, -0.1) is 0 Å². The summed E-state index contributed by atoms with van der Waals surface area (Å²) in [5.41, 5.74) is 10.2. The molecule has 4 nitrogen and oxygen atoms in total. The average Bonchev–Trinajstić information content (AvgIpc) is 2.66. The summed E-state index contributed by atoms with van der Waals surface area (Å²) in [5.74, 6) is 2.16. The van der Waals surface area contributed by atoms with Gasteiger partial charge in [0.2, 0.25) is 0 Å². The van der Waals surface area contributed by atoms with Crippen LogP contribution in [-0.2, 0) is 4.74 Å². The highest BCUT2D eigenvalue weighted by Crippen LogP contribution is 2.52. The van der Waals surface area contributed by atoms with Crippen LogP contribution >= 0.6 is 0 Å². The molecule has 4 rings (SSSR count). The van der Waals surface area contributed by atoms with Crippen molar-refractivity contribution in [3.63, 3.8) is 0 Å². The van der Waals surface area contributed by atoms with Crippen LogP contribution in [0.3, 0.4) is 0 Å². The number of fused-ring (bicyclic) bond motifs is 3. The largest absolute Gasteiger partial charge is 0.496 e. The number of hydrogen-bond acceptors (Lipinski definition) is 4. The smallest absolute Gasteiger partial charge is 0.125 e. The van der Waals surface area contributed by atoms with Crippen molar-refractivity contribution in [2.24, 2.45) is 0 Å². The topological polar surface area (TPSA) is 53.7 Å². The Bertz CT molecular complexity index is 774. The highest BCUT2D eigenvalue weighted by Gasteiger charge is 2.41. The van der Waals surface area contributed by atoms with E-state index in [0.717, 1.165) is 41.2 Å². The lowest BCUT2D eigenvalue weighted by atomic mass is 9.75. The molecule has 1 aliphatic carbocycles. The summed E-state index contributed by atoms with van der Waals surface area (Å²) in [6.07, 6.45) is 4.70. The molecular formula is C21H25NO3. The maximum atomic E-state index is 6.61. The number of rotatable bonds is 3. The molecule has 0 spiro atoms. The van der Waals surface area contributed by atoms with Gasteiger partial charge in [0.1, 0.15) is 17.6 Å². The first kappa shape index (κ1) is 16.3. The standard InChI is InChI=1S/C21H25NO3/c1-23-17-10-11-18(24-2)20-19(17)15-8-3-4-9-16(15)25-21(20)13-6-5-7-14(22)12-13/h5-7,10-12,15-16,21H,3-4,8-9,22H2,1-2H3/t15-,16+,21+/m0/s1. The Morgan fingerprint density at radius 3 is 2.40 bits per heavy atom. The highest BCUT2D eigenvalue weighted by atomic mass is 16.5. The minimum Gasteiger partial charge on any atom is -0.496 e. The zero-order valence-electron chi connectivity index (χ0n) is 14.8. The normalized spacial score (nSPS) is 25.0.